The van der Waals surface area contributed by atoms with Crippen LogP contribution in [0.2, 0.25) is 5.02 Å². The molecule has 0 radical (unpaired) electrons. The predicted molar refractivity (Wildman–Crippen MR) is 84.7 cm³/mol. The van der Waals surface area contributed by atoms with Crippen LogP contribution in [-0.2, 0) is 11.3 Å². The number of aromatic nitrogens is 1. The van der Waals surface area contributed by atoms with Gasteiger partial charge in [-0.25, -0.2) is 0 Å². The monoisotopic (exact) mass is 305 g/mol. The largest absolute Gasteiger partial charge is 0.489 e. The zero-order valence-corrected chi connectivity index (χ0v) is 12.9. The summed E-state index contributed by atoms with van der Waals surface area (Å²) >= 11 is 5.87. The van der Waals surface area contributed by atoms with Gasteiger partial charge in [0.2, 0.25) is 0 Å². The SMILES string of the molecule is CCCC(COc1cccnc1)OCc1ccc(Cl)cc1. The molecule has 1 aromatic carbocycles. The van der Waals surface area contributed by atoms with Crippen LogP contribution in [-0.4, -0.2) is 17.7 Å². The summed E-state index contributed by atoms with van der Waals surface area (Å²) in [7, 11) is 0. The molecule has 0 saturated heterocycles. The van der Waals surface area contributed by atoms with E-state index in [9.17, 15) is 0 Å². The summed E-state index contributed by atoms with van der Waals surface area (Å²) in [5.74, 6) is 0.772. The van der Waals surface area contributed by atoms with Crippen molar-refractivity contribution in [3.63, 3.8) is 0 Å². The third-order valence-electron chi connectivity index (χ3n) is 3.08. The standard InChI is InChI=1S/C17H20ClNO2/c1-2-4-17(13-21-16-5-3-10-19-11-16)20-12-14-6-8-15(18)9-7-14/h3,5-11,17H,2,4,12-13H2,1H3. The van der Waals surface area contributed by atoms with Crippen molar-refractivity contribution in [3.05, 3.63) is 59.4 Å². The molecule has 1 atom stereocenters. The number of hydrogen-bond acceptors (Lipinski definition) is 3. The van der Waals surface area contributed by atoms with Crippen LogP contribution in [0.1, 0.15) is 25.3 Å². The van der Waals surface area contributed by atoms with Crippen LogP contribution in [0.4, 0.5) is 0 Å². The van der Waals surface area contributed by atoms with Crippen LogP contribution in [0.3, 0.4) is 0 Å². The van der Waals surface area contributed by atoms with Crippen LogP contribution >= 0.6 is 11.6 Å². The summed E-state index contributed by atoms with van der Waals surface area (Å²) < 4.78 is 11.7. The maximum atomic E-state index is 5.94. The molecule has 0 N–H and O–H groups in total. The van der Waals surface area contributed by atoms with Gasteiger partial charge in [0.1, 0.15) is 12.4 Å². The van der Waals surface area contributed by atoms with Crippen LogP contribution < -0.4 is 4.74 Å². The molecule has 1 unspecified atom stereocenters. The molecule has 0 saturated carbocycles. The Morgan fingerprint density at radius 2 is 2.00 bits per heavy atom. The fourth-order valence-electron chi connectivity index (χ4n) is 1.95. The molecule has 0 amide bonds. The Hall–Kier alpha value is -1.58. The molecule has 4 heteroatoms. The van der Waals surface area contributed by atoms with Crippen molar-refractivity contribution in [1.82, 2.24) is 4.98 Å². The van der Waals surface area contributed by atoms with Gasteiger partial charge >= 0.3 is 0 Å². The quantitative estimate of drug-likeness (QED) is 0.719. The van der Waals surface area contributed by atoms with Gasteiger partial charge in [0, 0.05) is 11.2 Å². The lowest BCUT2D eigenvalue weighted by Gasteiger charge is -2.18. The van der Waals surface area contributed by atoms with Gasteiger partial charge in [-0.1, -0.05) is 37.1 Å². The second kappa shape index (κ2) is 8.65. The highest BCUT2D eigenvalue weighted by molar-refractivity contribution is 6.30. The minimum atomic E-state index is 0.0749. The van der Waals surface area contributed by atoms with E-state index >= 15 is 0 Å². The minimum absolute atomic E-state index is 0.0749. The van der Waals surface area contributed by atoms with Gasteiger partial charge in [0.15, 0.2) is 0 Å². The third kappa shape index (κ3) is 5.74. The van der Waals surface area contributed by atoms with Gasteiger partial charge < -0.3 is 9.47 Å². The summed E-state index contributed by atoms with van der Waals surface area (Å²) in [4.78, 5) is 4.03. The van der Waals surface area contributed by atoms with Gasteiger partial charge in [0.25, 0.3) is 0 Å². The first-order chi connectivity index (χ1) is 10.3. The maximum absolute atomic E-state index is 5.94. The van der Waals surface area contributed by atoms with Crippen molar-refractivity contribution in [3.8, 4) is 5.75 Å². The number of ether oxygens (including phenoxy) is 2. The fourth-order valence-corrected chi connectivity index (χ4v) is 2.08. The minimum Gasteiger partial charge on any atom is -0.489 e. The predicted octanol–water partition coefficient (Wildman–Crippen LogP) is 4.50. The molecule has 0 bridgehead atoms. The Bertz CT molecular complexity index is 516. The average Bonchev–Trinajstić information content (AvgIpc) is 2.52. The van der Waals surface area contributed by atoms with E-state index in [4.69, 9.17) is 21.1 Å². The van der Waals surface area contributed by atoms with Gasteiger partial charge in [0.05, 0.1) is 18.9 Å². The normalized spacial score (nSPS) is 12.1. The van der Waals surface area contributed by atoms with E-state index in [1.807, 2.05) is 36.4 Å². The van der Waals surface area contributed by atoms with Crippen molar-refractivity contribution in [1.29, 1.82) is 0 Å². The van der Waals surface area contributed by atoms with E-state index in [0.29, 0.717) is 13.2 Å². The summed E-state index contributed by atoms with van der Waals surface area (Å²) in [6, 6.07) is 11.5. The first-order valence-corrected chi connectivity index (χ1v) is 7.54. The van der Waals surface area contributed by atoms with Crippen molar-refractivity contribution < 1.29 is 9.47 Å². The van der Waals surface area contributed by atoms with E-state index < -0.39 is 0 Å². The molecule has 1 aromatic heterocycles. The number of halogens is 1. The van der Waals surface area contributed by atoms with E-state index in [0.717, 1.165) is 29.2 Å². The lowest BCUT2D eigenvalue weighted by atomic mass is 10.2. The fraction of sp³-hybridized carbons (Fsp3) is 0.353. The van der Waals surface area contributed by atoms with Crippen molar-refractivity contribution >= 4 is 11.6 Å². The zero-order chi connectivity index (χ0) is 14.9. The summed E-state index contributed by atoms with van der Waals surface area (Å²) in [5, 5.41) is 0.740. The summed E-state index contributed by atoms with van der Waals surface area (Å²) in [6.45, 7) is 3.24. The van der Waals surface area contributed by atoms with Crippen LogP contribution in [0.15, 0.2) is 48.8 Å². The molecule has 1 heterocycles. The molecular formula is C17H20ClNO2. The molecule has 2 aromatic rings. The van der Waals surface area contributed by atoms with E-state index in [1.165, 1.54) is 0 Å². The Morgan fingerprint density at radius 1 is 1.19 bits per heavy atom. The van der Waals surface area contributed by atoms with Crippen molar-refractivity contribution in [2.45, 2.75) is 32.5 Å². The second-order valence-corrected chi connectivity index (χ2v) is 5.28. The van der Waals surface area contributed by atoms with Crippen LogP contribution in [0.25, 0.3) is 0 Å². The third-order valence-corrected chi connectivity index (χ3v) is 3.33. The van der Waals surface area contributed by atoms with Crippen molar-refractivity contribution in [2.75, 3.05) is 6.61 Å². The molecule has 0 spiro atoms. The lowest BCUT2D eigenvalue weighted by Crippen LogP contribution is -2.21. The highest BCUT2D eigenvalue weighted by Gasteiger charge is 2.10. The zero-order valence-electron chi connectivity index (χ0n) is 12.2. The highest BCUT2D eigenvalue weighted by atomic mass is 35.5. The Morgan fingerprint density at radius 3 is 2.67 bits per heavy atom. The van der Waals surface area contributed by atoms with Gasteiger partial charge in [-0.05, 0) is 36.2 Å². The summed E-state index contributed by atoms with van der Waals surface area (Å²) in [6.07, 6.45) is 5.54. The number of nitrogens with zero attached hydrogens (tertiary/aromatic N) is 1. The number of hydrogen-bond donors (Lipinski definition) is 0. The lowest BCUT2D eigenvalue weighted by molar-refractivity contribution is 0.00415. The smallest absolute Gasteiger partial charge is 0.137 e. The van der Waals surface area contributed by atoms with E-state index in [-0.39, 0.29) is 6.10 Å². The topological polar surface area (TPSA) is 31.4 Å². The number of rotatable bonds is 8. The van der Waals surface area contributed by atoms with Gasteiger partial charge in [-0.3, -0.25) is 4.98 Å². The maximum Gasteiger partial charge on any atom is 0.137 e. The first kappa shape index (κ1) is 15.8. The van der Waals surface area contributed by atoms with Crippen LogP contribution in [0, 0.1) is 0 Å². The molecule has 0 fully saturated rings. The van der Waals surface area contributed by atoms with E-state index in [1.54, 1.807) is 12.4 Å². The van der Waals surface area contributed by atoms with Gasteiger partial charge in [-0.2, -0.15) is 0 Å². The van der Waals surface area contributed by atoms with E-state index in [2.05, 4.69) is 11.9 Å². The molecule has 3 nitrogen and oxygen atoms in total. The molecule has 0 aliphatic rings. The second-order valence-electron chi connectivity index (χ2n) is 4.85. The Balaban J connectivity index is 1.82. The molecule has 0 aliphatic carbocycles. The molecule has 0 aliphatic heterocycles. The number of pyridine rings is 1. The molecule has 21 heavy (non-hydrogen) atoms. The highest BCUT2D eigenvalue weighted by Crippen LogP contribution is 2.14. The molecular weight excluding hydrogens is 286 g/mol. The Kier molecular flexibility index (Phi) is 6.51. The number of benzene rings is 1. The molecule has 2 rings (SSSR count). The first-order valence-electron chi connectivity index (χ1n) is 7.17. The Labute approximate surface area is 130 Å². The van der Waals surface area contributed by atoms with Crippen LogP contribution in [0.5, 0.6) is 5.75 Å². The van der Waals surface area contributed by atoms with Crippen molar-refractivity contribution in [2.24, 2.45) is 0 Å². The van der Waals surface area contributed by atoms with Gasteiger partial charge in [-0.15, -0.1) is 0 Å². The average molecular weight is 306 g/mol. The molecule has 112 valence electrons. The summed E-state index contributed by atoms with van der Waals surface area (Å²) in [5.41, 5.74) is 1.11.